The molecule has 0 bridgehead atoms. The highest BCUT2D eigenvalue weighted by Gasteiger charge is 2.28. The number of hydrogen-bond donors (Lipinski definition) is 1. The SMILES string of the molecule is Cl.N[C@H](CC1CC1)c1ccc(F)cc1[N+](=O)[O-]. The van der Waals surface area contributed by atoms with E-state index in [9.17, 15) is 14.5 Å². The van der Waals surface area contributed by atoms with Gasteiger partial charge in [-0.05, 0) is 24.5 Å². The van der Waals surface area contributed by atoms with Crippen LogP contribution in [0.3, 0.4) is 0 Å². The smallest absolute Gasteiger partial charge is 0.277 e. The third-order valence-electron chi connectivity index (χ3n) is 2.87. The second kappa shape index (κ2) is 5.42. The van der Waals surface area contributed by atoms with E-state index in [1.54, 1.807) is 0 Å². The molecular formula is C11H14ClFN2O2. The fourth-order valence-electron chi connectivity index (χ4n) is 1.83. The van der Waals surface area contributed by atoms with Crippen molar-refractivity contribution in [1.29, 1.82) is 0 Å². The van der Waals surface area contributed by atoms with Crippen molar-refractivity contribution in [2.24, 2.45) is 11.7 Å². The highest BCUT2D eigenvalue weighted by molar-refractivity contribution is 5.85. The predicted octanol–water partition coefficient (Wildman–Crippen LogP) is 2.96. The highest BCUT2D eigenvalue weighted by Crippen LogP contribution is 2.38. The van der Waals surface area contributed by atoms with Gasteiger partial charge >= 0.3 is 0 Å². The minimum Gasteiger partial charge on any atom is -0.324 e. The Morgan fingerprint density at radius 1 is 1.53 bits per heavy atom. The van der Waals surface area contributed by atoms with E-state index in [0.29, 0.717) is 11.5 Å². The second-order valence-corrected chi connectivity index (χ2v) is 4.25. The maximum Gasteiger partial charge on any atom is 0.277 e. The highest BCUT2D eigenvalue weighted by atomic mass is 35.5. The van der Waals surface area contributed by atoms with E-state index >= 15 is 0 Å². The monoisotopic (exact) mass is 260 g/mol. The Morgan fingerprint density at radius 3 is 2.71 bits per heavy atom. The molecule has 1 aromatic rings. The minimum absolute atomic E-state index is 0. The van der Waals surface area contributed by atoms with E-state index in [1.165, 1.54) is 12.1 Å². The summed E-state index contributed by atoms with van der Waals surface area (Å²) in [5.74, 6) is -0.0197. The average molecular weight is 261 g/mol. The lowest BCUT2D eigenvalue weighted by Crippen LogP contribution is -2.13. The molecule has 94 valence electrons. The van der Waals surface area contributed by atoms with Gasteiger partial charge in [0.15, 0.2) is 0 Å². The van der Waals surface area contributed by atoms with Crippen molar-refractivity contribution >= 4 is 18.1 Å². The van der Waals surface area contributed by atoms with Gasteiger partial charge < -0.3 is 5.73 Å². The van der Waals surface area contributed by atoms with Crippen LogP contribution in [-0.4, -0.2) is 4.92 Å². The number of nitrogens with zero attached hydrogens (tertiary/aromatic N) is 1. The molecule has 0 spiro atoms. The van der Waals surface area contributed by atoms with Crippen molar-refractivity contribution in [3.63, 3.8) is 0 Å². The Bertz CT molecular complexity index is 424. The zero-order chi connectivity index (χ0) is 11.7. The van der Waals surface area contributed by atoms with Crippen molar-refractivity contribution in [1.82, 2.24) is 0 Å². The summed E-state index contributed by atoms with van der Waals surface area (Å²) in [6, 6.07) is 3.20. The fourth-order valence-corrected chi connectivity index (χ4v) is 1.83. The van der Waals surface area contributed by atoms with Gasteiger partial charge in [0, 0.05) is 11.6 Å². The van der Waals surface area contributed by atoms with Gasteiger partial charge in [0.05, 0.1) is 11.0 Å². The van der Waals surface area contributed by atoms with Gasteiger partial charge in [0.2, 0.25) is 0 Å². The molecule has 17 heavy (non-hydrogen) atoms. The van der Waals surface area contributed by atoms with Crippen LogP contribution in [0, 0.1) is 21.8 Å². The molecule has 0 aliphatic heterocycles. The van der Waals surface area contributed by atoms with Gasteiger partial charge in [-0.1, -0.05) is 12.8 Å². The summed E-state index contributed by atoms with van der Waals surface area (Å²) in [6.07, 6.45) is 3.03. The number of hydrogen-bond acceptors (Lipinski definition) is 3. The average Bonchev–Trinajstić information content (AvgIpc) is 3.01. The van der Waals surface area contributed by atoms with Crippen LogP contribution in [0.15, 0.2) is 18.2 Å². The summed E-state index contributed by atoms with van der Waals surface area (Å²) in [5, 5.41) is 10.8. The summed E-state index contributed by atoms with van der Waals surface area (Å²) in [5.41, 5.74) is 6.11. The number of benzene rings is 1. The standard InChI is InChI=1S/C11H13FN2O2.ClH/c12-8-3-4-9(11(6-8)14(15)16)10(13)5-7-1-2-7;/h3-4,6-7,10H,1-2,5,13H2;1H/t10-;/m1./s1. The normalized spacial score (nSPS) is 16.1. The Hall–Kier alpha value is -1.20. The van der Waals surface area contributed by atoms with Crippen LogP contribution in [0.2, 0.25) is 0 Å². The molecule has 1 atom stereocenters. The summed E-state index contributed by atoms with van der Waals surface area (Å²) >= 11 is 0. The van der Waals surface area contributed by atoms with Crippen LogP contribution in [0.4, 0.5) is 10.1 Å². The van der Waals surface area contributed by atoms with Crippen molar-refractivity contribution in [3.05, 3.63) is 39.7 Å². The quantitative estimate of drug-likeness (QED) is 0.668. The van der Waals surface area contributed by atoms with Gasteiger partial charge in [0.1, 0.15) is 5.82 Å². The lowest BCUT2D eigenvalue weighted by molar-refractivity contribution is -0.385. The van der Waals surface area contributed by atoms with E-state index in [0.717, 1.165) is 25.3 Å². The van der Waals surface area contributed by atoms with Gasteiger partial charge in [0.25, 0.3) is 5.69 Å². The Morgan fingerprint density at radius 2 is 2.18 bits per heavy atom. The van der Waals surface area contributed by atoms with Crippen molar-refractivity contribution < 1.29 is 9.31 Å². The lowest BCUT2D eigenvalue weighted by atomic mass is 10.0. The first-order chi connectivity index (χ1) is 7.58. The van der Waals surface area contributed by atoms with Crippen LogP contribution in [0.5, 0.6) is 0 Å². The molecule has 0 unspecified atom stereocenters. The summed E-state index contributed by atoms with van der Waals surface area (Å²) in [4.78, 5) is 10.2. The van der Waals surface area contributed by atoms with Crippen LogP contribution in [0.25, 0.3) is 0 Å². The number of nitrogens with two attached hydrogens (primary N) is 1. The molecule has 0 heterocycles. The largest absolute Gasteiger partial charge is 0.324 e. The predicted molar refractivity (Wildman–Crippen MR) is 64.6 cm³/mol. The number of nitro benzene ring substituents is 1. The molecule has 0 radical (unpaired) electrons. The van der Waals surface area contributed by atoms with Crippen molar-refractivity contribution in [2.75, 3.05) is 0 Å². The Labute approximate surface area is 105 Å². The first-order valence-corrected chi connectivity index (χ1v) is 5.27. The topological polar surface area (TPSA) is 69.2 Å². The molecule has 2 N–H and O–H groups in total. The molecule has 4 nitrogen and oxygen atoms in total. The minimum atomic E-state index is -0.603. The summed E-state index contributed by atoms with van der Waals surface area (Å²) in [6.45, 7) is 0. The third-order valence-corrected chi connectivity index (χ3v) is 2.87. The molecule has 1 aliphatic carbocycles. The molecule has 6 heteroatoms. The van der Waals surface area contributed by atoms with E-state index in [2.05, 4.69) is 0 Å². The van der Waals surface area contributed by atoms with Crippen LogP contribution in [-0.2, 0) is 0 Å². The number of rotatable bonds is 4. The van der Waals surface area contributed by atoms with Gasteiger partial charge in [-0.25, -0.2) is 4.39 Å². The first kappa shape index (κ1) is 13.9. The third kappa shape index (κ3) is 3.38. The van der Waals surface area contributed by atoms with E-state index < -0.39 is 10.7 Å². The molecule has 0 saturated heterocycles. The molecular weight excluding hydrogens is 247 g/mol. The summed E-state index contributed by atoms with van der Waals surface area (Å²) in [7, 11) is 0. The van der Waals surface area contributed by atoms with Crippen LogP contribution in [0.1, 0.15) is 30.9 Å². The summed E-state index contributed by atoms with van der Waals surface area (Å²) < 4.78 is 12.9. The maximum absolute atomic E-state index is 12.9. The second-order valence-electron chi connectivity index (χ2n) is 4.25. The molecule has 1 aliphatic rings. The zero-order valence-electron chi connectivity index (χ0n) is 9.14. The molecule has 1 aromatic carbocycles. The Balaban J connectivity index is 0.00000144. The van der Waals surface area contributed by atoms with E-state index in [1.807, 2.05) is 0 Å². The molecule has 2 rings (SSSR count). The van der Waals surface area contributed by atoms with Crippen molar-refractivity contribution in [2.45, 2.75) is 25.3 Å². The lowest BCUT2D eigenvalue weighted by Gasteiger charge is -2.11. The first-order valence-electron chi connectivity index (χ1n) is 5.27. The van der Waals surface area contributed by atoms with E-state index in [-0.39, 0.29) is 24.1 Å². The molecule has 0 amide bonds. The number of halogens is 2. The maximum atomic E-state index is 12.9. The van der Waals surface area contributed by atoms with Crippen molar-refractivity contribution in [3.8, 4) is 0 Å². The van der Waals surface area contributed by atoms with Crippen LogP contribution >= 0.6 is 12.4 Å². The fraction of sp³-hybridized carbons (Fsp3) is 0.455. The van der Waals surface area contributed by atoms with Gasteiger partial charge in [-0.15, -0.1) is 12.4 Å². The molecule has 0 aromatic heterocycles. The molecule has 1 saturated carbocycles. The van der Waals surface area contributed by atoms with Gasteiger partial charge in [-0.2, -0.15) is 0 Å². The van der Waals surface area contributed by atoms with Gasteiger partial charge in [-0.3, -0.25) is 10.1 Å². The van der Waals surface area contributed by atoms with E-state index in [4.69, 9.17) is 5.73 Å². The molecule has 1 fully saturated rings. The van der Waals surface area contributed by atoms with Crippen LogP contribution < -0.4 is 5.73 Å². The number of nitro groups is 1. The zero-order valence-corrected chi connectivity index (χ0v) is 9.95. The Kier molecular flexibility index (Phi) is 4.42.